The Labute approximate surface area is 187 Å². The number of rotatable bonds is 7. The lowest BCUT2D eigenvalue weighted by Gasteiger charge is -2.30. The molecular weight excluding hydrogens is 408 g/mol. The fourth-order valence-corrected chi connectivity index (χ4v) is 3.65. The molecule has 0 unspecified atom stereocenters. The molecule has 2 heterocycles. The van der Waals surface area contributed by atoms with Crippen molar-refractivity contribution in [3.8, 4) is 11.5 Å². The predicted octanol–water partition coefficient (Wildman–Crippen LogP) is 4.05. The topological polar surface area (TPSA) is 89.7 Å². The zero-order valence-corrected chi connectivity index (χ0v) is 18.4. The number of carbonyl (C=O) groups excluding carboxylic acids is 1. The van der Waals surface area contributed by atoms with Crippen LogP contribution in [-0.2, 0) is 13.2 Å². The average molecular weight is 437 g/mol. The Kier molecular flexibility index (Phi) is 6.89. The van der Waals surface area contributed by atoms with Crippen LogP contribution in [0.25, 0.3) is 0 Å². The van der Waals surface area contributed by atoms with Crippen LogP contribution < -0.4 is 14.8 Å². The molecule has 8 nitrogen and oxygen atoms in total. The lowest BCUT2D eigenvalue weighted by Crippen LogP contribution is -2.43. The van der Waals surface area contributed by atoms with Gasteiger partial charge in [0, 0.05) is 25.6 Å². The van der Waals surface area contributed by atoms with E-state index in [2.05, 4.69) is 15.5 Å². The molecule has 2 amide bonds. The molecular formula is C24H28N4O4. The third-order valence-corrected chi connectivity index (χ3v) is 5.62. The van der Waals surface area contributed by atoms with Gasteiger partial charge in [0.25, 0.3) is 5.89 Å². The highest BCUT2D eigenvalue weighted by molar-refractivity contribution is 5.74. The van der Waals surface area contributed by atoms with Gasteiger partial charge in [0.15, 0.2) is 12.4 Å². The first-order valence-corrected chi connectivity index (χ1v) is 10.8. The number of likely N-dealkylation sites (tertiary alicyclic amines) is 1. The quantitative estimate of drug-likeness (QED) is 0.601. The number of benzene rings is 2. The Balaban J connectivity index is 1.21. The summed E-state index contributed by atoms with van der Waals surface area (Å²) in [6.45, 7) is 4.07. The molecule has 32 heavy (non-hydrogen) atoms. The molecule has 0 bridgehead atoms. The summed E-state index contributed by atoms with van der Waals surface area (Å²) in [5.74, 6) is 2.89. The van der Waals surface area contributed by atoms with E-state index in [1.165, 1.54) is 5.56 Å². The van der Waals surface area contributed by atoms with Gasteiger partial charge < -0.3 is 24.2 Å². The van der Waals surface area contributed by atoms with Crippen molar-refractivity contribution in [3.05, 3.63) is 71.4 Å². The Morgan fingerprint density at radius 1 is 1.09 bits per heavy atom. The van der Waals surface area contributed by atoms with Gasteiger partial charge >= 0.3 is 6.03 Å². The van der Waals surface area contributed by atoms with Gasteiger partial charge in [-0.15, -0.1) is 0 Å². The van der Waals surface area contributed by atoms with Gasteiger partial charge in [-0.2, -0.15) is 4.98 Å². The SMILES string of the molecule is COc1ccc(CNC(=O)N2CCC(c3noc(COc4ccc(C)cc4)n3)CC2)cc1. The monoisotopic (exact) mass is 436 g/mol. The number of hydrogen-bond donors (Lipinski definition) is 1. The number of amides is 2. The fraction of sp³-hybridized carbons (Fsp3) is 0.375. The zero-order valence-electron chi connectivity index (χ0n) is 18.4. The van der Waals surface area contributed by atoms with E-state index in [1.54, 1.807) is 7.11 Å². The second-order valence-electron chi connectivity index (χ2n) is 7.92. The van der Waals surface area contributed by atoms with Crippen molar-refractivity contribution in [2.24, 2.45) is 0 Å². The molecule has 1 aliphatic heterocycles. The van der Waals surface area contributed by atoms with Crippen molar-refractivity contribution >= 4 is 6.03 Å². The van der Waals surface area contributed by atoms with Gasteiger partial charge in [0.1, 0.15) is 11.5 Å². The van der Waals surface area contributed by atoms with Gasteiger partial charge in [0.05, 0.1) is 7.11 Å². The maximum absolute atomic E-state index is 12.5. The summed E-state index contributed by atoms with van der Waals surface area (Å²) in [5, 5.41) is 7.11. The molecule has 0 saturated carbocycles. The smallest absolute Gasteiger partial charge is 0.317 e. The van der Waals surface area contributed by atoms with Crippen LogP contribution in [0.4, 0.5) is 4.79 Å². The van der Waals surface area contributed by atoms with Crippen LogP contribution in [0.3, 0.4) is 0 Å². The van der Waals surface area contributed by atoms with E-state index in [-0.39, 0.29) is 18.6 Å². The van der Waals surface area contributed by atoms with E-state index in [1.807, 2.05) is 60.4 Å². The average Bonchev–Trinajstić information content (AvgIpc) is 3.32. The van der Waals surface area contributed by atoms with Crippen LogP contribution in [0.2, 0.25) is 0 Å². The number of aryl methyl sites for hydroxylation is 1. The molecule has 3 aromatic rings. The summed E-state index contributed by atoms with van der Waals surface area (Å²) in [5.41, 5.74) is 2.21. The lowest BCUT2D eigenvalue weighted by atomic mass is 9.96. The first kappa shape index (κ1) is 21.7. The Hall–Kier alpha value is -3.55. The van der Waals surface area contributed by atoms with Gasteiger partial charge in [-0.3, -0.25) is 0 Å². The number of ether oxygens (including phenoxy) is 2. The minimum absolute atomic E-state index is 0.0560. The molecule has 4 rings (SSSR count). The van der Waals surface area contributed by atoms with E-state index in [0.29, 0.717) is 31.3 Å². The predicted molar refractivity (Wildman–Crippen MR) is 119 cm³/mol. The molecule has 1 N–H and O–H groups in total. The van der Waals surface area contributed by atoms with E-state index in [4.69, 9.17) is 14.0 Å². The maximum atomic E-state index is 12.5. The number of hydrogen-bond acceptors (Lipinski definition) is 6. The van der Waals surface area contributed by atoms with Gasteiger partial charge in [-0.05, 0) is 49.6 Å². The minimum Gasteiger partial charge on any atom is -0.497 e. The molecule has 0 atom stereocenters. The molecule has 0 radical (unpaired) electrons. The lowest BCUT2D eigenvalue weighted by molar-refractivity contribution is 0.179. The van der Waals surface area contributed by atoms with E-state index in [0.717, 1.165) is 29.9 Å². The summed E-state index contributed by atoms with van der Waals surface area (Å²) < 4.78 is 16.2. The third-order valence-electron chi connectivity index (χ3n) is 5.62. The molecule has 1 fully saturated rings. The van der Waals surface area contributed by atoms with E-state index in [9.17, 15) is 4.79 Å². The largest absolute Gasteiger partial charge is 0.497 e. The second-order valence-corrected chi connectivity index (χ2v) is 7.92. The van der Waals surface area contributed by atoms with Gasteiger partial charge in [-0.1, -0.05) is 35.0 Å². The van der Waals surface area contributed by atoms with Crippen LogP contribution in [0.5, 0.6) is 11.5 Å². The van der Waals surface area contributed by atoms with Crippen LogP contribution >= 0.6 is 0 Å². The Bertz CT molecular complexity index is 1010. The van der Waals surface area contributed by atoms with Crippen LogP contribution in [0.1, 0.15) is 41.6 Å². The second kappa shape index (κ2) is 10.2. The first-order chi connectivity index (χ1) is 15.6. The van der Waals surface area contributed by atoms with Crippen molar-refractivity contribution in [1.29, 1.82) is 0 Å². The van der Waals surface area contributed by atoms with Crippen molar-refractivity contribution in [2.45, 2.75) is 38.8 Å². The van der Waals surface area contributed by atoms with Crippen molar-refractivity contribution in [1.82, 2.24) is 20.4 Å². The number of nitrogens with zero attached hydrogens (tertiary/aromatic N) is 3. The molecule has 0 aliphatic carbocycles. The molecule has 2 aromatic carbocycles. The van der Waals surface area contributed by atoms with Crippen LogP contribution in [0, 0.1) is 6.92 Å². The molecule has 168 valence electrons. The van der Waals surface area contributed by atoms with Crippen LogP contribution in [-0.4, -0.2) is 41.3 Å². The fourth-order valence-electron chi connectivity index (χ4n) is 3.65. The summed E-state index contributed by atoms with van der Waals surface area (Å²) in [6.07, 6.45) is 1.60. The van der Waals surface area contributed by atoms with Gasteiger partial charge in [-0.25, -0.2) is 4.79 Å². The first-order valence-electron chi connectivity index (χ1n) is 10.8. The Morgan fingerprint density at radius 3 is 2.47 bits per heavy atom. The zero-order chi connectivity index (χ0) is 22.3. The number of nitrogens with one attached hydrogen (secondary N) is 1. The third kappa shape index (κ3) is 5.57. The summed E-state index contributed by atoms with van der Waals surface area (Å²) in [7, 11) is 1.63. The minimum atomic E-state index is -0.0560. The van der Waals surface area contributed by atoms with Crippen LogP contribution in [0.15, 0.2) is 53.1 Å². The highest BCUT2D eigenvalue weighted by Gasteiger charge is 2.27. The van der Waals surface area contributed by atoms with Crippen molar-refractivity contribution in [2.75, 3.05) is 20.2 Å². The summed E-state index contributed by atoms with van der Waals surface area (Å²) >= 11 is 0. The molecule has 1 aromatic heterocycles. The molecule has 1 saturated heterocycles. The number of urea groups is 1. The standard InChI is InChI=1S/C24H28N4O4/c1-17-3-7-21(8-4-17)31-16-22-26-23(27-32-22)19-11-13-28(14-12-19)24(29)25-15-18-5-9-20(30-2)10-6-18/h3-10,19H,11-16H2,1-2H3,(H,25,29). The highest BCUT2D eigenvalue weighted by atomic mass is 16.5. The molecule has 1 aliphatic rings. The summed E-state index contributed by atoms with van der Waals surface area (Å²) in [6, 6.07) is 15.4. The normalized spacial score (nSPS) is 14.2. The van der Waals surface area contributed by atoms with Crippen molar-refractivity contribution < 1.29 is 18.8 Å². The molecule has 8 heteroatoms. The number of methoxy groups -OCH3 is 1. The maximum Gasteiger partial charge on any atom is 0.317 e. The van der Waals surface area contributed by atoms with Crippen molar-refractivity contribution in [3.63, 3.8) is 0 Å². The summed E-state index contributed by atoms with van der Waals surface area (Å²) in [4.78, 5) is 18.8. The Morgan fingerprint density at radius 2 is 1.78 bits per heavy atom. The number of carbonyl (C=O) groups is 1. The number of piperidine rings is 1. The van der Waals surface area contributed by atoms with E-state index < -0.39 is 0 Å². The molecule has 0 spiro atoms. The van der Waals surface area contributed by atoms with E-state index >= 15 is 0 Å². The highest BCUT2D eigenvalue weighted by Crippen LogP contribution is 2.26. The number of aromatic nitrogens is 2. The van der Waals surface area contributed by atoms with Gasteiger partial charge in [0.2, 0.25) is 0 Å².